The van der Waals surface area contributed by atoms with Gasteiger partial charge < -0.3 is 5.32 Å². The molecule has 0 saturated heterocycles. The maximum Gasteiger partial charge on any atom is 0.333 e. The van der Waals surface area contributed by atoms with Crippen LogP contribution in [0.4, 0.5) is 8.78 Å². The summed E-state index contributed by atoms with van der Waals surface area (Å²) in [5.74, 6) is -0.521. The molecule has 0 radical (unpaired) electrons. The van der Waals surface area contributed by atoms with Crippen molar-refractivity contribution in [3.63, 3.8) is 0 Å². The summed E-state index contributed by atoms with van der Waals surface area (Å²) in [5.41, 5.74) is 0.709. The van der Waals surface area contributed by atoms with E-state index >= 15 is 0 Å². The molecule has 0 bridgehead atoms. The van der Waals surface area contributed by atoms with Gasteiger partial charge in [0, 0.05) is 13.2 Å². The van der Waals surface area contributed by atoms with E-state index in [-0.39, 0.29) is 12.2 Å². The van der Waals surface area contributed by atoms with Crippen molar-refractivity contribution in [2.75, 3.05) is 0 Å². The first-order valence-electron chi connectivity index (χ1n) is 5.27. The minimum Gasteiger partial charge on any atom is -0.345 e. The zero-order valence-corrected chi connectivity index (χ0v) is 11.4. The number of halogens is 3. The molecule has 2 aromatic rings. The predicted octanol–water partition coefficient (Wildman–Crippen LogP) is 1.70. The van der Waals surface area contributed by atoms with Crippen LogP contribution < -0.4 is 5.32 Å². The number of hydrogen-bond acceptors (Lipinski definition) is 3. The van der Waals surface area contributed by atoms with Crippen molar-refractivity contribution in [3.05, 3.63) is 34.3 Å². The SMILES string of the molecule is Cn1ncc(Br)c1CNC(=O)c1ccn(C(F)F)n1. The van der Waals surface area contributed by atoms with Gasteiger partial charge in [0.2, 0.25) is 0 Å². The Kier molecular flexibility index (Phi) is 3.93. The Morgan fingerprint density at radius 2 is 2.32 bits per heavy atom. The van der Waals surface area contributed by atoms with Gasteiger partial charge in [-0.05, 0) is 22.0 Å². The maximum absolute atomic E-state index is 12.3. The Morgan fingerprint density at radius 3 is 2.84 bits per heavy atom. The molecule has 0 unspecified atom stereocenters. The molecule has 1 amide bonds. The van der Waals surface area contributed by atoms with Crippen LogP contribution in [0.25, 0.3) is 0 Å². The molecular formula is C10H10BrF2N5O. The van der Waals surface area contributed by atoms with Crippen LogP contribution in [-0.4, -0.2) is 25.5 Å². The second-order valence-electron chi connectivity index (χ2n) is 3.70. The number of alkyl halides is 2. The van der Waals surface area contributed by atoms with E-state index in [1.807, 2.05) is 0 Å². The molecule has 1 N–H and O–H groups in total. The van der Waals surface area contributed by atoms with Gasteiger partial charge in [-0.15, -0.1) is 0 Å². The van der Waals surface area contributed by atoms with E-state index in [9.17, 15) is 13.6 Å². The van der Waals surface area contributed by atoms with Crippen LogP contribution in [0.5, 0.6) is 0 Å². The second kappa shape index (κ2) is 5.47. The number of aromatic nitrogens is 4. The summed E-state index contributed by atoms with van der Waals surface area (Å²) in [4.78, 5) is 11.7. The van der Waals surface area contributed by atoms with Crippen molar-refractivity contribution < 1.29 is 13.6 Å². The van der Waals surface area contributed by atoms with E-state index in [0.29, 0.717) is 4.68 Å². The summed E-state index contributed by atoms with van der Waals surface area (Å²) in [7, 11) is 1.73. The van der Waals surface area contributed by atoms with E-state index in [0.717, 1.165) is 16.4 Å². The molecule has 0 spiro atoms. The Labute approximate surface area is 115 Å². The maximum atomic E-state index is 12.3. The van der Waals surface area contributed by atoms with Crippen molar-refractivity contribution in [2.24, 2.45) is 7.05 Å². The summed E-state index contributed by atoms with van der Waals surface area (Å²) in [6.07, 6.45) is 2.66. The van der Waals surface area contributed by atoms with Crippen LogP contribution in [0.3, 0.4) is 0 Å². The Bertz CT molecular complexity index is 575. The lowest BCUT2D eigenvalue weighted by molar-refractivity contribution is 0.0560. The molecule has 2 heterocycles. The summed E-state index contributed by atoms with van der Waals surface area (Å²) in [6, 6.07) is 1.24. The number of rotatable bonds is 4. The molecular weight excluding hydrogens is 324 g/mol. The lowest BCUT2D eigenvalue weighted by Gasteiger charge is -2.04. The topological polar surface area (TPSA) is 64.7 Å². The van der Waals surface area contributed by atoms with Crippen molar-refractivity contribution in [1.29, 1.82) is 0 Å². The zero-order valence-electron chi connectivity index (χ0n) is 9.85. The molecule has 0 aliphatic rings. The molecule has 0 atom stereocenters. The van der Waals surface area contributed by atoms with Crippen LogP contribution >= 0.6 is 15.9 Å². The lowest BCUT2D eigenvalue weighted by Crippen LogP contribution is -2.25. The first-order valence-corrected chi connectivity index (χ1v) is 6.06. The quantitative estimate of drug-likeness (QED) is 0.926. The minimum absolute atomic E-state index is 0.0569. The van der Waals surface area contributed by atoms with Gasteiger partial charge in [0.25, 0.3) is 5.91 Å². The van der Waals surface area contributed by atoms with E-state index in [4.69, 9.17) is 0 Å². The molecule has 6 nitrogen and oxygen atoms in total. The molecule has 102 valence electrons. The third-order valence-electron chi connectivity index (χ3n) is 2.47. The highest BCUT2D eigenvalue weighted by Gasteiger charge is 2.14. The van der Waals surface area contributed by atoms with Crippen LogP contribution in [0.2, 0.25) is 0 Å². The molecule has 0 saturated carbocycles. The Balaban J connectivity index is 2.01. The predicted molar refractivity (Wildman–Crippen MR) is 65.6 cm³/mol. The van der Waals surface area contributed by atoms with Crippen LogP contribution in [-0.2, 0) is 13.6 Å². The van der Waals surface area contributed by atoms with Gasteiger partial charge in [-0.1, -0.05) is 0 Å². The van der Waals surface area contributed by atoms with Gasteiger partial charge in [-0.3, -0.25) is 9.48 Å². The largest absolute Gasteiger partial charge is 0.345 e. The third-order valence-corrected chi connectivity index (χ3v) is 3.13. The summed E-state index contributed by atoms with van der Waals surface area (Å²) in [6.45, 7) is -2.54. The number of carbonyl (C=O) groups excluding carboxylic acids is 1. The number of amides is 1. The summed E-state index contributed by atoms with van der Waals surface area (Å²) < 4.78 is 27.4. The molecule has 0 fully saturated rings. The Hall–Kier alpha value is -1.77. The smallest absolute Gasteiger partial charge is 0.333 e. The number of nitrogens with one attached hydrogen (secondary N) is 1. The van der Waals surface area contributed by atoms with Crippen molar-refractivity contribution in [1.82, 2.24) is 24.9 Å². The Morgan fingerprint density at radius 1 is 1.58 bits per heavy atom. The van der Waals surface area contributed by atoms with Gasteiger partial charge in [0.1, 0.15) is 5.69 Å². The van der Waals surface area contributed by atoms with E-state index in [1.165, 1.54) is 6.07 Å². The van der Waals surface area contributed by atoms with Gasteiger partial charge in [0.05, 0.1) is 22.9 Å². The summed E-state index contributed by atoms with van der Waals surface area (Å²) in [5, 5.41) is 10.1. The first kappa shape index (κ1) is 13.7. The fraction of sp³-hybridized carbons (Fsp3) is 0.300. The highest BCUT2D eigenvalue weighted by atomic mass is 79.9. The van der Waals surface area contributed by atoms with Crippen molar-refractivity contribution in [3.8, 4) is 0 Å². The monoisotopic (exact) mass is 333 g/mol. The van der Waals surface area contributed by atoms with E-state index < -0.39 is 12.5 Å². The normalized spacial score (nSPS) is 11.0. The van der Waals surface area contributed by atoms with Gasteiger partial charge in [-0.2, -0.15) is 19.0 Å². The van der Waals surface area contributed by atoms with E-state index in [1.54, 1.807) is 17.9 Å². The minimum atomic E-state index is -2.76. The molecule has 9 heteroatoms. The van der Waals surface area contributed by atoms with Crippen LogP contribution in [0.1, 0.15) is 22.7 Å². The average Bonchev–Trinajstić information content (AvgIpc) is 2.95. The van der Waals surface area contributed by atoms with Gasteiger partial charge in [0.15, 0.2) is 0 Å². The average molecular weight is 334 g/mol. The van der Waals surface area contributed by atoms with E-state index in [2.05, 4.69) is 31.4 Å². The number of carbonyl (C=O) groups is 1. The van der Waals surface area contributed by atoms with Crippen molar-refractivity contribution in [2.45, 2.75) is 13.1 Å². The van der Waals surface area contributed by atoms with Crippen LogP contribution in [0.15, 0.2) is 22.9 Å². The number of hydrogen-bond donors (Lipinski definition) is 1. The highest BCUT2D eigenvalue weighted by molar-refractivity contribution is 9.10. The second-order valence-corrected chi connectivity index (χ2v) is 4.56. The highest BCUT2D eigenvalue weighted by Crippen LogP contribution is 2.14. The lowest BCUT2D eigenvalue weighted by atomic mass is 10.3. The number of aryl methyl sites for hydroxylation is 1. The molecule has 2 aromatic heterocycles. The molecule has 19 heavy (non-hydrogen) atoms. The molecule has 0 aliphatic carbocycles. The first-order chi connectivity index (χ1) is 8.99. The molecule has 0 aromatic carbocycles. The molecule has 2 rings (SSSR count). The third kappa shape index (κ3) is 2.98. The fourth-order valence-corrected chi connectivity index (χ4v) is 1.95. The van der Waals surface area contributed by atoms with Gasteiger partial charge in [-0.25, -0.2) is 4.68 Å². The molecule has 0 aliphatic heterocycles. The standard InChI is InChI=1S/C10H10BrF2N5O/c1-17-8(6(11)4-15-17)5-14-9(19)7-2-3-18(16-7)10(12)13/h2-4,10H,5H2,1H3,(H,14,19). The zero-order chi connectivity index (χ0) is 14.0. The summed E-state index contributed by atoms with van der Waals surface area (Å²) >= 11 is 3.29. The fourth-order valence-electron chi connectivity index (χ4n) is 1.46. The van der Waals surface area contributed by atoms with Gasteiger partial charge >= 0.3 is 6.55 Å². The number of nitrogens with zero attached hydrogens (tertiary/aromatic N) is 4. The van der Waals surface area contributed by atoms with Crippen LogP contribution in [0, 0.1) is 0 Å². The van der Waals surface area contributed by atoms with Crippen molar-refractivity contribution >= 4 is 21.8 Å².